The minimum absolute atomic E-state index is 0.0476. The quantitative estimate of drug-likeness (QED) is 0.851. The number of pyridine rings is 1. The fourth-order valence-electron chi connectivity index (χ4n) is 3.62. The summed E-state index contributed by atoms with van der Waals surface area (Å²) < 4.78 is 0. The maximum atomic E-state index is 12.5. The Morgan fingerprint density at radius 3 is 2.96 bits per heavy atom. The molecular formula is C17H23N3O3. The van der Waals surface area contributed by atoms with Gasteiger partial charge in [-0.15, -0.1) is 0 Å². The summed E-state index contributed by atoms with van der Waals surface area (Å²) in [6.07, 6.45) is 5.82. The zero-order chi connectivity index (χ0) is 16.3. The van der Waals surface area contributed by atoms with Crippen LogP contribution >= 0.6 is 0 Å². The summed E-state index contributed by atoms with van der Waals surface area (Å²) in [5.41, 5.74) is 0.263. The Bertz CT molecular complexity index is 578. The number of nitrogens with one attached hydrogen (secondary N) is 1. The average molecular weight is 317 g/mol. The summed E-state index contributed by atoms with van der Waals surface area (Å²) in [4.78, 5) is 30.5. The van der Waals surface area contributed by atoms with Crippen LogP contribution in [0.3, 0.4) is 0 Å². The lowest BCUT2D eigenvalue weighted by Crippen LogP contribution is -2.62. The fourth-order valence-corrected chi connectivity index (χ4v) is 3.62. The first-order chi connectivity index (χ1) is 11.1. The number of amides is 2. The van der Waals surface area contributed by atoms with E-state index in [1.165, 1.54) is 0 Å². The third kappa shape index (κ3) is 3.22. The monoisotopic (exact) mass is 317 g/mol. The zero-order valence-electron chi connectivity index (χ0n) is 13.2. The number of carbonyl (C=O) groups excluding carboxylic acids is 2. The number of aromatic nitrogens is 1. The molecule has 23 heavy (non-hydrogen) atoms. The van der Waals surface area contributed by atoms with Crippen molar-refractivity contribution in [3.05, 3.63) is 30.1 Å². The molecule has 0 bridgehead atoms. The molecule has 2 amide bonds. The van der Waals surface area contributed by atoms with Crippen LogP contribution in [-0.2, 0) is 16.0 Å². The van der Waals surface area contributed by atoms with Gasteiger partial charge in [0.25, 0.3) is 0 Å². The van der Waals surface area contributed by atoms with Gasteiger partial charge in [0, 0.05) is 38.4 Å². The smallest absolute Gasteiger partial charge is 0.230 e. The lowest BCUT2D eigenvalue weighted by Gasteiger charge is -2.46. The summed E-state index contributed by atoms with van der Waals surface area (Å²) in [5, 5.41) is 13.2. The van der Waals surface area contributed by atoms with Gasteiger partial charge in [0.2, 0.25) is 11.8 Å². The van der Waals surface area contributed by atoms with Crippen molar-refractivity contribution in [1.82, 2.24) is 15.2 Å². The van der Waals surface area contributed by atoms with Crippen LogP contribution in [0.15, 0.2) is 24.5 Å². The SMILES string of the molecule is O=C(CCc1ccncc1)N1CC[C@H](O)[C@@]2(CCCNC2=O)C1. The number of hydrogen-bond donors (Lipinski definition) is 2. The number of aliphatic hydroxyl groups is 1. The molecule has 124 valence electrons. The van der Waals surface area contributed by atoms with Crippen LogP contribution in [0.5, 0.6) is 0 Å². The molecule has 3 heterocycles. The number of rotatable bonds is 3. The van der Waals surface area contributed by atoms with Gasteiger partial charge in [-0.05, 0) is 43.4 Å². The maximum absolute atomic E-state index is 12.5. The maximum Gasteiger partial charge on any atom is 0.230 e. The molecule has 2 aliphatic heterocycles. The van der Waals surface area contributed by atoms with Gasteiger partial charge in [0.15, 0.2) is 0 Å². The molecule has 6 heteroatoms. The second-order valence-electron chi connectivity index (χ2n) is 6.49. The van der Waals surface area contributed by atoms with Crippen molar-refractivity contribution in [2.75, 3.05) is 19.6 Å². The van der Waals surface area contributed by atoms with E-state index in [2.05, 4.69) is 10.3 Å². The molecule has 1 spiro atoms. The van der Waals surface area contributed by atoms with Crippen LogP contribution in [-0.4, -0.2) is 52.5 Å². The number of piperidine rings is 2. The van der Waals surface area contributed by atoms with E-state index in [4.69, 9.17) is 0 Å². The van der Waals surface area contributed by atoms with Crippen molar-refractivity contribution in [2.45, 2.75) is 38.2 Å². The number of carbonyl (C=O) groups is 2. The van der Waals surface area contributed by atoms with Crippen molar-refractivity contribution in [1.29, 1.82) is 0 Å². The van der Waals surface area contributed by atoms with Crippen molar-refractivity contribution in [2.24, 2.45) is 5.41 Å². The van der Waals surface area contributed by atoms with E-state index in [1.807, 2.05) is 12.1 Å². The Labute approximate surface area is 135 Å². The molecule has 2 aliphatic rings. The lowest BCUT2D eigenvalue weighted by molar-refractivity contribution is -0.154. The van der Waals surface area contributed by atoms with Crippen molar-refractivity contribution >= 4 is 11.8 Å². The predicted molar refractivity (Wildman–Crippen MR) is 84.4 cm³/mol. The summed E-state index contributed by atoms with van der Waals surface area (Å²) in [6.45, 7) is 1.50. The molecule has 1 aromatic heterocycles. The molecule has 2 saturated heterocycles. The number of aliphatic hydroxyl groups excluding tert-OH is 1. The zero-order valence-corrected chi connectivity index (χ0v) is 13.2. The third-order valence-corrected chi connectivity index (χ3v) is 5.05. The number of likely N-dealkylation sites (tertiary alicyclic amines) is 1. The molecule has 0 aromatic carbocycles. The number of hydrogen-bond acceptors (Lipinski definition) is 4. The minimum Gasteiger partial charge on any atom is -0.392 e. The molecule has 0 aliphatic carbocycles. The fraction of sp³-hybridized carbons (Fsp3) is 0.588. The Balaban J connectivity index is 1.64. The van der Waals surface area contributed by atoms with Crippen LogP contribution in [0.1, 0.15) is 31.2 Å². The van der Waals surface area contributed by atoms with Gasteiger partial charge < -0.3 is 15.3 Å². The molecule has 2 N–H and O–H groups in total. The number of aryl methyl sites for hydroxylation is 1. The van der Waals surface area contributed by atoms with E-state index in [9.17, 15) is 14.7 Å². The molecular weight excluding hydrogens is 294 g/mol. The van der Waals surface area contributed by atoms with Gasteiger partial charge in [-0.3, -0.25) is 14.6 Å². The van der Waals surface area contributed by atoms with E-state index in [0.717, 1.165) is 12.0 Å². The van der Waals surface area contributed by atoms with Crippen LogP contribution < -0.4 is 5.32 Å². The molecule has 0 radical (unpaired) electrons. The van der Waals surface area contributed by atoms with Gasteiger partial charge >= 0.3 is 0 Å². The largest absolute Gasteiger partial charge is 0.392 e. The number of nitrogens with zero attached hydrogens (tertiary/aromatic N) is 2. The predicted octanol–water partition coefficient (Wildman–Crippen LogP) is 0.504. The lowest BCUT2D eigenvalue weighted by atomic mass is 9.71. The Morgan fingerprint density at radius 1 is 1.43 bits per heavy atom. The highest BCUT2D eigenvalue weighted by Crippen LogP contribution is 2.37. The molecule has 2 fully saturated rings. The first kappa shape index (κ1) is 15.9. The Morgan fingerprint density at radius 2 is 2.22 bits per heavy atom. The van der Waals surface area contributed by atoms with Crippen molar-refractivity contribution in [3.8, 4) is 0 Å². The summed E-state index contributed by atoms with van der Waals surface area (Å²) in [6, 6.07) is 3.81. The Kier molecular flexibility index (Phi) is 4.61. The van der Waals surface area contributed by atoms with Crippen LogP contribution in [0.4, 0.5) is 0 Å². The highest BCUT2D eigenvalue weighted by Gasteiger charge is 2.50. The summed E-state index contributed by atoms with van der Waals surface area (Å²) in [7, 11) is 0. The first-order valence-corrected chi connectivity index (χ1v) is 8.25. The van der Waals surface area contributed by atoms with E-state index < -0.39 is 11.5 Å². The Hall–Kier alpha value is -1.95. The van der Waals surface area contributed by atoms with Gasteiger partial charge in [0.05, 0.1) is 11.5 Å². The topological polar surface area (TPSA) is 82.5 Å². The van der Waals surface area contributed by atoms with Crippen LogP contribution in [0.25, 0.3) is 0 Å². The summed E-state index contributed by atoms with van der Waals surface area (Å²) >= 11 is 0. The van der Waals surface area contributed by atoms with Crippen LogP contribution in [0, 0.1) is 5.41 Å². The molecule has 6 nitrogen and oxygen atoms in total. The molecule has 0 unspecified atom stereocenters. The molecule has 1 aromatic rings. The normalized spacial score (nSPS) is 27.8. The first-order valence-electron chi connectivity index (χ1n) is 8.25. The van der Waals surface area contributed by atoms with Crippen LogP contribution in [0.2, 0.25) is 0 Å². The van der Waals surface area contributed by atoms with Gasteiger partial charge in [-0.25, -0.2) is 0 Å². The second-order valence-corrected chi connectivity index (χ2v) is 6.49. The molecule has 3 rings (SSSR count). The van der Waals surface area contributed by atoms with Gasteiger partial charge in [-0.1, -0.05) is 0 Å². The third-order valence-electron chi connectivity index (χ3n) is 5.05. The second kappa shape index (κ2) is 6.66. The average Bonchev–Trinajstić information content (AvgIpc) is 2.58. The van der Waals surface area contributed by atoms with Crippen molar-refractivity contribution in [3.63, 3.8) is 0 Å². The van der Waals surface area contributed by atoms with E-state index in [1.54, 1.807) is 17.3 Å². The van der Waals surface area contributed by atoms with Gasteiger partial charge in [0.1, 0.15) is 0 Å². The van der Waals surface area contributed by atoms with E-state index >= 15 is 0 Å². The van der Waals surface area contributed by atoms with E-state index in [-0.39, 0.29) is 11.8 Å². The molecule has 0 saturated carbocycles. The minimum atomic E-state index is -0.817. The standard InChI is InChI=1S/C17H23N3O3/c21-14-6-11-20(12-17(14)7-1-8-19-16(17)23)15(22)3-2-13-4-9-18-10-5-13/h4-5,9-10,14,21H,1-3,6-8,11-12H2,(H,19,23)/t14-,17+/m0/s1. The van der Waals surface area contributed by atoms with Gasteiger partial charge in [-0.2, -0.15) is 0 Å². The molecule has 2 atom stereocenters. The highest BCUT2D eigenvalue weighted by molar-refractivity contribution is 5.86. The highest BCUT2D eigenvalue weighted by atomic mass is 16.3. The van der Waals surface area contributed by atoms with E-state index in [0.29, 0.717) is 45.3 Å². The van der Waals surface area contributed by atoms with Crippen molar-refractivity contribution < 1.29 is 14.7 Å². The summed E-state index contributed by atoms with van der Waals surface area (Å²) in [5.74, 6) is -0.0608.